The Balaban J connectivity index is 2.42. The molecule has 5 nitrogen and oxygen atoms in total. The van der Waals surface area contributed by atoms with Crippen LogP contribution in [0.15, 0.2) is 0 Å². The van der Waals surface area contributed by atoms with Crippen LogP contribution in [-0.2, 0) is 9.53 Å². The van der Waals surface area contributed by atoms with Crippen LogP contribution in [-0.4, -0.2) is 60.0 Å². The molecule has 2 unspecified atom stereocenters. The smallest absolute Gasteiger partial charge is 0.310 e. The maximum Gasteiger partial charge on any atom is 0.310 e. The number of aliphatic hydroxyl groups excluding tert-OH is 1. The number of β-amino-alcohol motifs (C(OH)–C–C–N with tert-alkyl or cyclic N) is 1. The van der Waals surface area contributed by atoms with Crippen molar-refractivity contribution in [2.45, 2.75) is 58.5 Å². The van der Waals surface area contributed by atoms with Crippen molar-refractivity contribution < 1.29 is 19.7 Å². The van der Waals surface area contributed by atoms with Crippen LogP contribution in [0.2, 0.25) is 0 Å². The third-order valence-corrected chi connectivity index (χ3v) is 4.26. The van der Waals surface area contributed by atoms with Gasteiger partial charge in [-0.05, 0) is 32.2 Å². The van der Waals surface area contributed by atoms with Crippen molar-refractivity contribution in [3.63, 3.8) is 0 Å². The van der Waals surface area contributed by atoms with E-state index >= 15 is 0 Å². The van der Waals surface area contributed by atoms with E-state index in [1.54, 1.807) is 0 Å². The Morgan fingerprint density at radius 1 is 1.38 bits per heavy atom. The average Bonchev–Trinajstić information content (AvgIpc) is 2.44. The van der Waals surface area contributed by atoms with E-state index in [2.05, 4.69) is 11.8 Å². The summed E-state index contributed by atoms with van der Waals surface area (Å²) < 4.78 is 5.43. The summed E-state index contributed by atoms with van der Waals surface area (Å²) in [7, 11) is 0. The third-order valence-electron chi connectivity index (χ3n) is 4.26. The van der Waals surface area contributed by atoms with Crippen LogP contribution in [0.4, 0.5) is 0 Å². The highest BCUT2D eigenvalue weighted by molar-refractivity contribution is 5.75. The molecule has 2 atom stereocenters. The zero-order valence-corrected chi connectivity index (χ0v) is 13.5. The SMILES string of the molecule is CCCCOCC(O)CN1CCCC(CCC)(C(=O)O)C1. The lowest BCUT2D eigenvalue weighted by Gasteiger charge is -2.40. The second-order valence-electron chi connectivity index (χ2n) is 6.26. The average molecular weight is 301 g/mol. The number of ether oxygens (including phenoxy) is 1. The molecule has 0 aromatic heterocycles. The lowest BCUT2D eigenvalue weighted by atomic mass is 9.76. The summed E-state index contributed by atoms with van der Waals surface area (Å²) in [5, 5.41) is 19.6. The number of nitrogens with zero attached hydrogens (tertiary/aromatic N) is 1. The number of carbonyl (C=O) groups is 1. The Morgan fingerprint density at radius 3 is 2.76 bits per heavy atom. The Morgan fingerprint density at radius 2 is 2.14 bits per heavy atom. The van der Waals surface area contributed by atoms with Crippen molar-refractivity contribution >= 4 is 5.97 Å². The first kappa shape index (κ1) is 18.4. The first-order chi connectivity index (χ1) is 10.0. The summed E-state index contributed by atoms with van der Waals surface area (Å²) in [6.45, 7) is 7.07. The summed E-state index contributed by atoms with van der Waals surface area (Å²) in [4.78, 5) is 13.7. The van der Waals surface area contributed by atoms with Crippen molar-refractivity contribution in [1.29, 1.82) is 0 Å². The van der Waals surface area contributed by atoms with Crippen molar-refractivity contribution in [3.8, 4) is 0 Å². The minimum absolute atomic E-state index is 0.338. The molecule has 1 saturated heterocycles. The van der Waals surface area contributed by atoms with E-state index in [1.165, 1.54) is 0 Å². The monoisotopic (exact) mass is 301 g/mol. The quantitative estimate of drug-likeness (QED) is 0.605. The van der Waals surface area contributed by atoms with E-state index in [-0.39, 0.29) is 0 Å². The highest BCUT2D eigenvalue weighted by atomic mass is 16.5. The number of aliphatic carboxylic acids is 1. The second kappa shape index (κ2) is 9.38. The summed E-state index contributed by atoms with van der Waals surface area (Å²) in [6.07, 6.45) is 4.78. The summed E-state index contributed by atoms with van der Waals surface area (Å²) in [6, 6.07) is 0. The van der Waals surface area contributed by atoms with Gasteiger partial charge in [0, 0.05) is 19.7 Å². The van der Waals surface area contributed by atoms with Gasteiger partial charge in [-0.3, -0.25) is 9.69 Å². The molecule has 0 spiro atoms. The maximum atomic E-state index is 11.6. The molecule has 0 amide bonds. The van der Waals surface area contributed by atoms with Gasteiger partial charge >= 0.3 is 5.97 Å². The molecule has 0 aromatic rings. The number of piperidine rings is 1. The van der Waals surface area contributed by atoms with Crippen LogP contribution >= 0.6 is 0 Å². The van der Waals surface area contributed by atoms with Crippen LogP contribution in [0.1, 0.15) is 52.4 Å². The predicted molar refractivity (Wildman–Crippen MR) is 82.4 cm³/mol. The number of unbranched alkanes of at least 4 members (excludes halogenated alkanes) is 1. The number of rotatable bonds is 10. The zero-order chi connectivity index (χ0) is 15.7. The number of aliphatic hydroxyl groups is 1. The van der Waals surface area contributed by atoms with Gasteiger partial charge in [0.25, 0.3) is 0 Å². The van der Waals surface area contributed by atoms with Crippen LogP contribution in [0.5, 0.6) is 0 Å². The van der Waals surface area contributed by atoms with Crippen LogP contribution < -0.4 is 0 Å². The van der Waals surface area contributed by atoms with Gasteiger partial charge in [-0.1, -0.05) is 26.7 Å². The number of carboxylic acid groups (broad SMARTS) is 1. The van der Waals surface area contributed by atoms with Crippen molar-refractivity contribution in [2.75, 3.05) is 32.8 Å². The van der Waals surface area contributed by atoms with E-state index in [1.807, 2.05) is 6.92 Å². The fraction of sp³-hybridized carbons (Fsp3) is 0.938. The van der Waals surface area contributed by atoms with Crippen molar-refractivity contribution in [3.05, 3.63) is 0 Å². The number of carboxylic acids is 1. The molecule has 1 aliphatic rings. The number of likely N-dealkylation sites (tertiary alicyclic amines) is 1. The summed E-state index contributed by atoms with van der Waals surface area (Å²) in [5.74, 6) is -0.692. The zero-order valence-electron chi connectivity index (χ0n) is 13.5. The summed E-state index contributed by atoms with van der Waals surface area (Å²) in [5.41, 5.74) is -0.629. The predicted octanol–water partition coefficient (Wildman–Crippen LogP) is 2.13. The lowest BCUT2D eigenvalue weighted by Crippen LogP contribution is -2.50. The Bertz CT molecular complexity index is 307. The highest BCUT2D eigenvalue weighted by Crippen LogP contribution is 2.35. The lowest BCUT2D eigenvalue weighted by molar-refractivity contribution is -0.153. The molecule has 0 aromatic carbocycles. The molecule has 124 valence electrons. The van der Waals surface area contributed by atoms with Gasteiger partial charge in [0.2, 0.25) is 0 Å². The van der Waals surface area contributed by atoms with Gasteiger partial charge in [0.15, 0.2) is 0 Å². The number of hydrogen-bond donors (Lipinski definition) is 2. The van der Waals surface area contributed by atoms with Crippen LogP contribution in [0, 0.1) is 5.41 Å². The molecule has 1 rings (SSSR count). The molecule has 0 bridgehead atoms. The van der Waals surface area contributed by atoms with E-state index in [0.717, 1.165) is 38.6 Å². The third kappa shape index (κ3) is 5.93. The largest absolute Gasteiger partial charge is 0.481 e. The molecular weight excluding hydrogens is 270 g/mol. The van der Waals surface area contributed by atoms with Gasteiger partial charge in [-0.25, -0.2) is 0 Å². The first-order valence-electron chi connectivity index (χ1n) is 8.25. The van der Waals surface area contributed by atoms with Crippen LogP contribution in [0.3, 0.4) is 0 Å². The van der Waals surface area contributed by atoms with Gasteiger partial charge in [0.1, 0.15) is 0 Å². The molecule has 0 radical (unpaired) electrons. The van der Waals surface area contributed by atoms with E-state index < -0.39 is 17.5 Å². The van der Waals surface area contributed by atoms with Gasteiger partial charge in [-0.2, -0.15) is 0 Å². The van der Waals surface area contributed by atoms with E-state index in [9.17, 15) is 15.0 Å². The molecule has 0 aliphatic carbocycles. The maximum absolute atomic E-state index is 11.6. The van der Waals surface area contributed by atoms with Gasteiger partial charge in [-0.15, -0.1) is 0 Å². The molecule has 21 heavy (non-hydrogen) atoms. The Labute approximate surface area is 128 Å². The molecule has 1 aliphatic heterocycles. The second-order valence-corrected chi connectivity index (χ2v) is 6.26. The fourth-order valence-corrected chi connectivity index (χ4v) is 3.16. The Hall–Kier alpha value is -0.650. The first-order valence-corrected chi connectivity index (χ1v) is 8.25. The fourth-order valence-electron chi connectivity index (χ4n) is 3.16. The number of hydrogen-bond acceptors (Lipinski definition) is 4. The molecule has 1 heterocycles. The highest BCUT2D eigenvalue weighted by Gasteiger charge is 2.41. The van der Waals surface area contributed by atoms with E-state index in [0.29, 0.717) is 32.7 Å². The standard InChI is InChI=1S/C16H31NO4/c1-3-5-10-21-12-14(18)11-17-9-6-8-16(13-17,7-4-2)15(19)20/h14,18H,3-13H2,1-2H3,(H,19,20). The topological polar surface area (TPSA) is 70.0 Å². The normalized spacial score (nSPS) is 24.9. The van der Waals surface area contributed by atoms with Crippen molar-refractivity contribution in [1.82, 2.24) is 4.90 Å². The molecule has 5 heteroatoms. The minimum Gasteiger partial charge on any atom is -0.481 e. The Kier molecular flexibility index (Phi) is 8.22. The molecular formula is C16H31NO4. The van der Waals surface area contributed by atoms with Crippen LogP contribution in [0.25, 0.3) is 0 Å². The van der Waals surface area contributed by atoms with Gasteiger partial charge < -0.3 is 14.9 Å². The van der Waals surface area contributed by atoms with Gasteiger partial charge in [0.05, 0.1) is 18.1 Å². The molecule has 1 fully saturated rings. The summed E-state index contributed by atoms with van der Waals surface area (Å²) >= 11 is 0. The molecule has 2 N–H and O–H groups in total. The molecule has 0 saturated carbocycles. The van der Waals surface area contributed by atoms with E-state index in [4.69, 9.17) is 4.74 Å². The minimum atomic E-state index is -0.692. The van der Waals surface area contributed by atoms with Crippen molar-refractivity contribution in [2.24, 2.45) is 5.41 Å².